The van der Waals surface area contributed by atoms with Crippen LogP contribution in [0.5, 0.6) is 0 Å². The van der Waals surface area contributed by atoms with Crippen molar-refractivity contribution in [2.24, 2.45) is 0 Å². The number of carbonyl (C=O) groups is 1. The summed E-state index contributed by atoms with van der Waals surface area (Å²) in [4.78, 5) is 19.2. The van der Waals surface area contributed by atoms with E-state index in [-0.39, 0.29) is 11.9 Å². The third-order valence-electron chi connectivity index (χ3n) is 4.66. The van der Waals surface area contributed by atoms with Gasteiger partial charge in [0.05, 0.1) is 6.04 Å². The second kappa shape index (κ2) is 6.95. The zero-order chi connectivity index (χ0) is 16.2. The number of pyridine rings is 1. The molecule has 120 valence electrons. The van der Waals surface area contributed by atoms with Crippen LogP contribution < -0.4 is 0 Å². The fourth-order valence-corrected chi connectivity index (χ4v) is 3.27. The van der Waals surface area contributed by atoms with Crippen LogP contribution in [0.4, 0.5) is 0 Å². The van der Waals surface area contributed by atoms with Crippen LogP contribution >= 0.6 is 0 Å². The molecule has 1 atom stereocenters. The zero-order valence-electron chi connectivity index (χ0n) is 13.9. The molecule has 2 aromatic rings. The minimum atomic E-state index is 0.133. The molecule has 1 aromatic carbocycles. The molecule has 0 spiro atoms. The van der Waals surface area contributed by atoms with Gasteiger partial charge in [0.25, 0.3) is 5.91 Å². The Hall–Kier alpha value is -2.16. The Morgan fingerprint density at radius 1 is 1.17 bits per heavy atom. The average molecular weight is 308 g/mol. The fraction of sp³-hybridized carbons (Fsp3) is 0.400. The summed E-state index contributed by atoms with van der Waals surface area (Å²) < 4.78 is 0. The van der Waals surface area contributed by atoms with Crippen molar-refractivity contribution in [2.45, 2.75) is 45.1 Å². The Bertz CT molecular complexity index is 649. The maximum atomic E-state index is 13.0. The predicted octanol–water partition coefficient (Wildman–Crippen LogP) is 4.57. The van der Waals surface area contributed by atoms with Gasteiger partial charge in [-0.25, -0.2) is 0 Å². The van der Waals surface area contributed by atoms with Gasteiger partial charge in [-0.1, -0.05) is 32.0 Å². The maximum Gasteiger partial charge on any atom is 0.254 e. The molecule has 0 bridgehead atoms. The van der Waals surface area contributed by atoms with E-state index in [0.29, 0.717) is 5.92 Å². The summed E-state index contributed by atoms with van der Waals surface area (Å²) in [6.45, 7) is 5.16. The minimum absolute atomic E-state index is 0.133. The van der Waals surface area contributed by atoms with Crippen LogP contribution in [0, 0.1) is 0 Å². The third kappa shape index (κ3) is 3.44. The molecule has 3 rings (SSSR count). The first-order chi connectivity index (χ1) is 11.2. The summed E-state index contributed by atoms with van der Waals surface area (Å²) in [7, 11) is 0. The van der Waals surface area contributed by atoms with Crippen LogP contribution in [0.25, 0.3) is 0 Å². The summed E-state index contributed by atoms with van der Waals surface area (Å²) in [6, 6.07) is 12.2. The van der Waals surface area contributed by atoms with Gasteiger partial charge in [0, 0.05) is 24.5 Å². The molecule has 1 aromatic heterocycles. The highest BCUT2D eigenvalue weighted by Crippen LogP contribution is 2.31. The Morgan fingerprint density at radius 3 is 2.61 bits per heavy atom. The number of benzene rings is 1. The van der Waals surface area contributed by atoms with Crippen LogP contribution in [0.3, 0.4) is 0 Å². The largest absolute Gasteiger partial charge is 0.332 e. The lowest BCUT2D eigenvalue weighted by Crippen LogP contribution is -2.38. The Balaban J connectivity index is 1.84. The Labute approximate surface area is 138 Å². The summed E-state index contributed by atoms with van der Waals surface area (Å²) in [5.41, 5.74) is 3.19. The van der Waals surface area contributed by atoms with Crippen molar-refractivity contribution < 1.29 is 4.79 Å². The van der Waals surface area contributed by atoms with Gasteiger partial charge < -0.3 is 4.90 Å². The topological polar surface area (TPSA) is 33.2 Å². The van der Waals surface area contributed by atoms with Crippen LogP contribution in [0.15, 0.2) is 48.8 Å². The predicted molar refractivity (Wildman–Crippen MR) is 92.4 cm³/mol. The second-order valence-corrected chi connectivity index (χ2v) is 6.57. The second-order valence-electron chi connectivity index (χ2n) is 6.57. The third-order valence-corrected chi connectivity index (χ3v) is 4.66. The normalized spacial score (nSPS) is 18.2. The van der Waals surface area contributed by atoms with Crippen molar-refractivity contribution in [3.8, 4) is 0 Å². The van der Waals surface area contributed by atoms with Crippen molar-refractivity contribution in [1.29, 1.82) is 0 Å². The average Bonchev–Trinajstić information content (AvgIpc) is 2.62. The molecule has 1 fully saturated rings. The molecule has 1 aliphatic rings. The van der Waals surface area contributed by atoms with Gasteiger partial charge in [0.1, 0.15) is 0 Å². The monoisotopic (exact) mass is 308 g/mol. The lowest BCUT2D eigenvalue weighted by Gasteiger charge is -2.36. The molecule has 2 heterocycles. The lowest BCUT2D eigenvalue weighted by atomic mass is 9.95. The number of rotatable bonds is 3. The van der Waals surface area contributed by atoms with E-state index in [9.17, 15) is 4.79 Å². The van der Waals surface area contributed by atoms with E-state index in [0.717, 1.165) is 36.9 Å². The molecule has 1 aliphatic heterocycles. The smallest absolute Gasteiger partial charge is 0.254 e. The number of aromatic nitrogens is 1. The SMILES string of the molecule is CC(C)c1ccc(C(=O)N2CCCCC2c2cccnc2)cc1. The van der Waals surface area contributed by atoms with E-state index in [2.05, 4.69) is 37.0 Å². The van der Waals surface area contributed by atoms with E-state index in [1.165, 1.54) is 5.56 Å². The number of piperidine rings is 1. The van der Waals surface area contributed by atoms with Gasteiger partial charge in [-0.15, -0.1) is 0 Å². The van der Waals surface area contributed by atoms with Crippen molar-refractivity contribution in [2.75, 3.05) is 6.54 Å². The van der Waals surface area contributed by atoms with E-state index >= 15 is 0 Å². The highest BCUT2D eigenvalue weighted by atomic mass is 16.2. The molecule has 23 heavy (non-hydrogen) atoms. The molecule has 3 nitrogen and oxygen atoms in total. The molecule has 0 N–H and O–H groups in total. The summed E-state index contributed by atoms with van der Waals surface area (Å²) in [5, 5.41) is 0. The van der Waals surface area contributed by atoms with Gasteiger partial charge in [0.2, 0.25) is 0 Å². The Kier molecular flexibility index (Phi) is 4.75. The van der Waals surface area contributed by atoms with E-state index in [1.807, 2.05) is 29.3 Å². The molecular formula is C20H24N2O. The van der Waals surface area contributed by atoms with E-state index < -0.39 is 0 Å². The number of hydrogen-bond acceptors (Lipinski definition) is 2. The van der Waals surface area contributed by atoms with Crippen LogP contribution in [-0.2, 0) is 0 Å². The first kappa shape index (κ1) is 15.7. The number of hydrogen-bond donors (Lipinski definition) is 0. The summed E-state index contributed by atoms with van der Waals surface area (Å²) in [6.07, 6.45) is 6.92. The highest BCUT2D eigenvalue weighted by Gasteiger charge is 2.28. The number of carbonyl (C=O) groups excluding carboxylic acids is 1. The first-order valence-electron chi connectivity index (χ1n) is 8.47. The molecule has 3 heteroatoms. The lowest BCUT2D eigenvalue weighted by molar-refractivity contribution is 0.0611. The summed E-state index contributed by atoms with van der Waals surface area (Å²) >= 11 is 0. The van der Waals surface area contributed by atoms with Gasteiger partial charge >= 0.3 is 0 Å². The highest BCUT2D eigenvalue weighted by molar-refractivity contribution is 5.94. The van der Waals surface area contributed by atoms with Gasteiger partial charge in [-0.2, -0.15) is 0 Å². The van der Waals surface area contributed by atoms with Crippen molar-refractivity contribution in [1.82, 2.24) is 9.88 Å². The van der Waals surface area contributed by atoms with Gasteiger partial charge in [-0.3, -0.25) is 9.78 Å². The molecule has 0 saturated carbocycles. The zero-order valence-corrected chi connectivity index (χ0v) is 13.9. The number of nitrogens with zero attached hydrogens (tertiary/aromatic N) is 2. The Morgan fingerprint density at radius 2 is 1.96 bits per heavy atom. The fourth-order valence-electron chi connectivity index (χ4n) is 3.27. The maximum absolute atomic E-state index is 13.0. The number of amides is 1. The first-order valence-corrected chi connectivity index (χ1v) is 8.47. The van der Waals surface area contributed by atoms with E-state index in [4.69, 9.17) is 0 Å². The van der Waals surface area contributed by atoms with Crippen LogP contribution in [0.1, 0.15) is 66.6 Å². The van der Waals surface area contributed by atoms with Gasteiger partial charge in [0.15, 0.2) is 0 Å². The van der Waals surface area contributed by atoms with Crippen LogP contribution in [-0.4, -0.2) is 22.3 Å². The molecule has 0 aliphatic carbocycles. The van der Waals surface area contributed by atoms with Crippen molar-refractivity contribution >= 4 is 5.91 Å². The van der Waals surface area contributed by atoms with E-state index in [1.54, 1.807) is 6.20 Å². The molecule has 1 unspecified atom stereocenters. The van der Waals surface area contributed by atoms with Crippen molar-refractivity contribution in [3.05, 3.63) is 65.5 Å². The number of likely N-dealkylation sites (tertiary alicyclic amines) is 1. The quantitative estimate of drug-likeness (QED) is 0.832. The summed E-state index contributed by atoms with van der Waals surface area (Å²) in [5.74, 6) is 0.617. The standard InChI is InChI=1S/C20H24N2O/c1-15(2)16-8-10-17(11-9-16)20(23)22-13-4-3-7-19(22)18-6-5-12-21-14-18/h5-6,8-12,14-15,19H,3-4,7,13H2,1-2H3. The molecule has 1 saturated heterocycles. The molecule has 0 radical (unpaired) electrons. The van der Waals surface area contributed by atoms with Crippen LogP contribution in [0.2, 0.25) is 0 Å². The minimum Gasteiger partial charge on any atom is -0.332 e. The van der Waals surface area contributed by atoms with Gasteiger partial charge in [-0.05, 0) is 54.5 Å². The van der Waals surface area contributed by atoms with Crippen molar-refractivity contribution in [3.63, 3.8) is 0 Å². The molecular weight excluding hydrogens is 284 g/mol. The molecule has 1 amide bonds.